The summed E-state index contributed by atoms with van der Waals surface area (Å²) in [5.41, 5.74) is 0.730. The molecule has 1 nitrogen and oxygen atoms in total. The largest absolute Gasteiger partial charge is 0.283 e. The summed E-state index contributed by atoms with van der Waals surface area (Å²) in [6.45, 7) is 5.62. The standard InChI is InChI=1S/C6H9IO/c1-3-4-5(2)6(7)8/h2-4H2,1H3. The summed E-state index contributed by atoms with van der Waals surface area (Å²) in [4.78, 5) is 10.4. The van der Waals surface area contributed by atoms with Crippen molar-refractivity contribution in [3.05, 3.63) is 12.2 Å². The molecule has 0 unspecified atom stereocenters. The van der Waals surface area contributed by atoms with Crippen molar-refractivity contribution in [2.45, 2.75) is 19.8 Å². The molecule has 0 aliphatic carbocycles. The van der Waals surface area contributed by atoms with Crippen molar-refractivity contribution in [1.82, 2.24) is 0 Å². The van der Waals surface area contributed by atoms with Gasteiger partial charge in [-0.05, 0) is 12.0 Å². The molecule has 46 valence electrons. The maximum Gasteiger partial charge on any atom is 0.217 e. The zero-order valence-corrected chi connectivity index (χ0v) is 7.07. The average Bonchev–Trinajstić information content (AvgIpc) is 1.67. The molecule has 0 aromatic carbocycles. The van der Waals surface area contributed by atoms with Crippen LogP contribution in [0.2, 0.25) is 0 Å². The number of allylic oxidation sites excluding steroid dienone is 1. The Bertz CT molecular complexity index is 107. The van der Waals surface area contributed by atoms with Crippen LogP contribution in [0.3, 0.4) is 0 Å². The Kier molecular flexibility index (Phi) is 4.13. The van der Waals surface area contributed by atoms with Gasteiger partial charge in [0.1, 0.15) is 0 Å². The highest BCUT2D eigenvalue weighted by Crippen LogP contribution is 2.06. The number of halogens is 1. The first-order valence-corrected chi connectivity index (χ1v) is 3.64. The Morgan fingerprint density at radius 2 is 2.25 bits per heavy atom. The van der Waals surface area contributed by atoms with Crippen molar-refractivity contribution in [3.8, 4) is 0 Å². The van der Waals surface area contributed by atoms with Crippen LogP contribution >= 0.6 is 22.6 Å². The summed E-state index contributed by atoms with van der Waals surface area (Å²) in [7, 11) is 0. The van der Waals surface area contributed by atoms with Gasteiger partial charge in [0.15, 0.2) is 0 Å². The highest BCUT2D eigenvalue weighted by atomic mass is 127. The van der Waals surface area contributed by atoms with Gasteiger partial charge in [-0.3, -0.25) is 4.79 Å². The molecular formula is C6H9IO. The first-order valence-electron chi connectivity index (χ1n) is 2.56. The average molecular weight is 224 g/mol. The third-order valence-electron chi connectivity index (χ3n) is 0.830. The van der Waals surface area contributed by atoms with Crippen molar-refractivity contribution in [1.29, 1.82) is 0 Å². The summed E-state index contributed by atoms with van der Waals surface area (Å²) in [6.07, 6.45) is 1.84. The minimum atomic E-state index is 0.0875. The lowest BCUT2D eigenvalue weighted by Crippen LogP contribution is -1.88. The molecule has 0 heterocycles. The van der Waals surface area contributed by atoms with Gasteiger partial charge in [0.05, 0.1) is 0 Å². The van der Waals surface area contributed by atoms with E-state index in [0.29, 0.717) is 0 Å². The second kappa shape index (κ2) is 4.06. The van der Waals surface area contributed by atoms with Crippen LogP contribution in [0.15, 0.2) is 12.2 Å². The predicted octanol–water partition coefficient (Wildman–Crippen LogP) is 2.30. The molecule has 0 aromatic rings. The first-order chi connectivity index (χ1) is 3.68. The molecule has 2 heteroatoms. The van der Waals surface area contributed by atoms with E-state index in [-0.39, 0.29) is 3.79 Å². The smallest absolute Gasteiger partial charge is 0.217 e. The lowest BCUT2D eigenvalue weighted by molar-refractivity contribution is -0.106. The lowest BCUT2D eigenvalue weighted by Gasteiger charge is -1.92. The Morgan fingerprint density at radius 3 is 2.38 bits per heavy atom. The zero-order valence-electron chi connectivity index (χ0n) is 4.91. The van der Waals surface area contributed by atoms with Gasteiger partial charge in [-0.25, -0.2) is 0 Å². The third kappa shape index (κ3) is 3.18. The minimum Gasteiger partial charge on any atom is -0.283 e. The summed E-state index contributed by atoms with van der Waals surface area (Å²) in [5.74, 6) is 0. The van der Waals surface area contributed by atoms with Crippen LogP contribution in [0.1, 0.15) is 19.8 Å². The Labute approximate surface area is 63.3 Å². The van der Waals surface area contributed by atoms with Crippen LogP contribution in [0.5, 0.6) is 0 Å². The van der Waals surface area contributed by atoms with E-state index in [4.69, 9.17) is 0 Å². The number of hydrogen-bond donors (Lipinski definition) is 0. The molecule has 0 N–H and O–H groups in total. The quantitative estimate of drug-likeness (QED) is 0.408. The molecule has 0 aliphatic rings. The van der Waals surface area contributed by atoms with Crippen LogP contribution < -0.4 is 0 Å². The fourth-order valence-corrected chi connectivity index (χ4v) is 0.670. The van der Waals surface area contributed by atoms with E-state index in [1.807, 2.05) is 6.92 Å². The van der Waals surface area contributed by atoms with Crippen molar-refractivity contribution < 1.29 is 4.79 Å². The molecule has 0 bridgehead atoms. The van der Waals surface area contributed by atoms with Gasteiger partial charge in [0, 0.05) is 22.6 Å². The maximum atomic E-state index is 10.4. The monoisotopic (exact) mass is 224 g/mol. The first kappa shape index (κ1) is 8.14. The van der Waals surface area contributed by atoms with Gasteiger partial charge in [0.25, 0.3) is 0 Å². The molecule has 0 rings (SSSR count). The van der Waals surface area contributed by atoms with E-state index in [0.717, 1.165) is 18.4 Å². The van der Waals surface area contributed by atoms with Crippen molar-refractivity contribution in [2.75, 3.05) is 0 Å². The maximum absolute atomic E-state index is 10.4. The summed E-state index contributed by atoms with van der Waals surface area (Å²) in [5, 5.41) is 0. The molecule has 0 amide bonds. The van der Waals surface area contributed by atoms with Crippen LogP contribution in [-0.2, 0) is 4.79 Å². The van der Waals surface area contributed by atoms with Gasteiger partial charge < -0.3 is 0 Å². The Morgan fingerprint density at radius 1 is 1.75 bits per heavy atom. The SMILES string of the molecule is C=C(CCC)C(=O)I. The van der Waals surface area contributed by atoms with Gasteiger partial charge in [0.2, 0.25) is 3.79 Å². The van der Waals surface area contributed by atoms with Crippen molar-refractivity contribution >= 4 is 26.4 Å². The van der Waals surface area contributed by atoms with Gasteiger partial charge >= 0.3 is 0 Å². The summed E-state index contributed by atoms with van der Waals surface area (Å²) < 4.78 is 0.0875. The number of carbonyl (C=O) groups excluding carboxylic acids is 1. The summed E-state index contributed by atoms with van der Waals surface area (Å²) >= 11 is 1.75. The Hall–Kier alpha value is 0.140. The lowest BCUT2D eigenvalue weighted by atomic mass is 10.2. The van der Waals surface area contributed by atoms with E-state index >= 15 is 0 Å². The van der Waals surface area contributed by atoms with Crippen molar-refractivity contribution in [2.24, 2.45) is 0 Å². The second-order valence-corrected chi connectivity index (χ2v) is 2.61. The van der Waals surface area contributed by atoms with E-state index < -0.39 is 0 Å². The van der Waals surface area contributed by atoms with Crippen molar-refractivity contribution in [3.63, 3.8) is 0 Å². The molecule has 0 saturated heterocycles. The van der Waals surface area contributed by atoms with Gasteiger partial charge in [-0.1, -0.05) is 19.9 Å². The normalized spacial score (nSPS) is 8.75. The van der Waals surface area contributed by atoms with E-state index in [9.17, 15) is 4.79 Å². The van der Waals surface area contributed by atoms with Crippen LogP contribution in [0, 0.1) is 0 Å². The van der Waals surface area contributed by atoms with Gasteiger partial charge in [-0.15, -0.1) is 0 Å². The molecule has 0 spiro atoms. The molecule has 0 atom stereocenters. The zero-order chi connectivity index (χ0) is 6.57. The molecule has 0 saturated carbocycles. The fourth-order valence-electron chi connectivity index (χ4n) is 0.400. The molecule has 0 fully saturated rings. The minimum absolute atomic E-state index is 0.0875. The van der Waals surface area contributed by atoms with E-state index in [1.54, 1.807) is 22.6 Å². The van der Waals surface area contributed by atoms with E-state index in [2.05, 4.69) is 6.58 Å². The molecule has 0 aliphatic heterocycles. The third-order valence-corrected chi connectivity index (χ3v) is 1.59. The summed E-state index contributed by atoms with van der Waals surface area (Å²) in [6, 6.07) is 0. The highest BCUT2D eigenvalue weighted by molar-refractivity contribution is 14.1. The highest BCUT2D eigenvalue weighted by Gasteiger charge is 1.97. The van der Waals surface area contributed by atoms with Crippen LogP contribution in [-0.4, -0.2) is 3.79 Å². The fraction of sp³-hybridized carbons (Fsp3) is 0.500. The molecule has 0 radical (unpaired) electrons. The van der Waals surface area contributed by atoms with Crippen LogP contribution in [0.4, 0.5) is 0 Å². The molecule has 0 aromatic heterocycles. The number of rotatable bonds is 3. The van der Waals surface area contributed by atoms with E-state index in [1.165, 1.54) is 0 Å². The molecular weight excluding hydrogens is 215 g/mol. The number of carbonyl (C=O) groups is 1. The molecule has 8 heavy (non-hydrogen) atoms. The topological polar surface area (TPSA) is 17.1 Å². The van der Waals surface area contributed by atoms with Gasteiger partial charge in [-0.2, -0.15) is 0 Å². The van der Waals surface area contributed by atoms with Crippen LogP contribution in [0.25, 0.3) is 0 Å². The second-order valence-electron chi connectivity index (χ2n) is 1.63. The number of hydrogen-bond acceptors (Lipinski definition) is 1. The Balaban J connectivity index is 3.49. The predicted molar refractivity (Wildman–Crippen MR) is 43.1 cm³/mol.